The second-order valence-electron chi connectivity index (χ2n) is 2.70. The summed E-state index contributed by atoms with van der Waals surface area (Å²) < 4.78 is 0. The molecule has 1 rings (SSSR count). The van der Waals surface area contributed by atoms with Gasteiger partial charge in [0.05, 0.1) is 6.54 Å². The topological polar surface area (TPSA) is 53.6 Å². The first kappa shape index (κ1) is 8.33. The molecule has 0 aromatic heterocycles. The number of likely N-dealkylation sites (N-methyl/N-ethyl adjacent to an activating group) is 1. The smallest absolute Gasteiger partial charge is 0.193 e. The molecule has 0 spiro atoms. The van der Waals surface area contributed by atoms with Crippen molar-refractivity contribution in [1.29, 1.82) is 0 Å². The Bertz CT molecular complexity index is 143. The van der Waals surface area contributed by atoms with Crippen molar-refractivity contribution in [1.82, 2.24) is 10.2 Å². The molecule has 4 nitrogen and oxygen atoms in total. The predicted molar refractivity (Wildman–Crippen MR) is 46.6 cm³/mol. The van der Waals surface area contributed by atoms with Crippen LogP contribution < -0.4 is 11.1 Å². The van der Waals surface area contributed by atoms with E-state index in [-0.39, 0.29) is 0 Å². The summed E-state index contributed by atoms with van der Waals surface area (Å²) in [6.45, 7) is 3.62. The van der Waals surface area contributed by atoms with Gasteiger partial charge in [-0.25, -0.2) is 0 Å². The van der Waals surface area contributed by atoms with E-state index in [1.165, 1.54) is 0 Å². The highest BCUT2D eigenvalue weighted by Gasteiger charge is 2.09. The fourth-order valence-corrected chi connectivity index (χ4v) is 1.03. The molecule has 0 amide bonds. The van der Waals surface area contributed by atoms with E-state index in [0.29, 0.717) is 0 Å². The number of nitrogens with two attached hydrogens (primary N) is 1. The molecule has 0 saturated carbocycles. The lowest BCUT2D eigenvalue weighted by molar-refractivity contribution is 0.533. The second kappa shape index (κ2) is 4.18. The number of nitrogens with zero attached hydrogens (tertiary/aromatic N) is 2. The van der Waals surface area contributed by atoms with Crippen LogP contribution in [0.25, 0.3) is 0 Å². The molecule has 1 aliphatic heterocycles. The summed E-state index contributed by atoms with van der Waals surface area (Å²) in [6.07, 6.45) is 1.01. The van der Waals surface area contributed by atoms with Crippen molar-refractivity contribution in [2.45, 2.75) is 6.42 Å². The van der Waals surface area contributed by atoms with Gasteiger partial charge in [-0.2, -0.15) is 0 Å². The molecular formula is C7H16N4. The molecule has 11 heavy (non-hydrogen) atoms. The van der Waals surface area contributed by atoms with Gasteiger partial charge in [0.15, 0.2) is 5.96 Å². The largest absolute Gasteiger partial charge is 0.356 e. The number of hydrogen-bond donors (Lipinski definition) is 2. The first-order valence-electron chi connectivity index (χ1n) is 4.04. The Morgan fingerprint density at radius 1 is 1.73 bits per heavy atom. The maximum absolute atomic E-state index is 5.35. The maximum atomic E-state index is 5.35. The fourth-order valence-electron chi connectivity index (χ4n) is 1.03. The first-order valence-corrected chi connectivity index (χ1v) is 4.04. The monoisotopic (exact) mass is 156 g/mol. The van der Waals surface area contributed by atoms with Crippen LogP contribution in [0.2, 0.25) is 0 Å². The molecular weight excluding hydrogens is 140 g/mol. The molecule has 1 aliphatic rings. The number of guanidine groups is 1. The zero-order valence-corrected chi connectivity index (χ0v) is 7.01. The molecule has 0 bridgehead atoms. The summed E-state index contributed by atoms with van der Waals surface area (Å²) in [5.41, 5.74) is 5.35. The van der Waals surface area contributed by atoms with Crippen LogP contribution >= 0.6 is 0 Å². The van der Waals surface area contributed by atoms with Crippen LogP contribution in [0.4, 0.5) is 0 Å². The molecule has 4 heteroatoms. The summed E-state index contributed by atoms with van der Waals surface area (Å²) in [5.74, 6) is 1.01. The second-order valence-corrected chi connectivity index (χ2v) is 2.70. The summed E-state index contributed by atoms with van der Waals surface area (Å²) in [5, 5.41) is 3.23. The van der Waals surface area contributed by atoms with Gasteiger partial charge in [0.1, 0.15) is 0 Å². The van der Waals surface area contributed by atoms with E-state index in [9.17, 15) is 0 Å². The Morgan fingerprint density at radius 2 is 2.55 bits per heavy atom. The molecule has 0 aliphatic carbocycles. The van der Waals surface area contributed by atoms with Crippen molar-refractivity contribution in [3.05, 3.63) is 0 Å². The van der Waals surface area contributed by atoms with Crippen molar-refractivity contribution >= 4 is 5.96 Å². The third kappa shape index (κ3) is 2.38. The molecule has 0 saturated heterocycles. The Hall–Kier alpha value is -0.770. The van der Waals surface area contributed by atoms with E-state index in [4.69, 9.17) is 5.73 Å². The van der Waals surface area contributed by atoms with Crippen molar-refractivity contribution in [2.75, 3.05) is 33.2 Å². The van der Waals surface area contributed by atoms with Gasteiger partial charge in [-0.1, -0.05) is 0 Å². The Balaban J connectivity index is 2.15. The molecule has 3 N–H and O–H groups in total. The average molecular weight is 156 g/mol. The Kier molecular flexibility index (Phi) is 3.16. The van der Waals surface area contributed by atoms with E-state index >= 15 is 0 Å². The molecule has 1 heterocycles. The molecule has 0 fully saturated rings. The minimum atomic E-state index is 0.740. The maximum Gasteiger partial charge on any atom is 0.193 e. The lowest BCUT2D eigenvalue weighted by atomic mass is 10.4. The van der Waals surface area contributed by atoms with Gasteiger partial charge in [0.2, 0.25) is 0 Å². The number of hydrogen-bond acceptors (Lipinski definition) is 4. The fraction of sp³-hybridized carbons (Fsp3) is 0.857. The van der Waals surface area contributed by atoms with Gasteiger partial charge in [0, 0.05) is 20.1 Å². The summed E-state index contributed by atoms with van der Waals surface area (Å²) in [6, 6.07) is 0. The van der Waals surface area contributed by atoms with E-state index in [1.54, 1.807) is 0 Å². The Labute approximate surface area is 67.5 Å². The van der Waals surface area contributed by atoms with Gasteiger partial charge in [-0.05, 0) is 13.0 Å². The summed E-state index contributed by atoms with van der Waals surface area (Å²) in [7, 11) is 2.04. The van der Waals surface area contributed by atoms with Crippen LogP contribution in [0, 0.1) is 0 Å². The lowest BCUT2D eigenvalue weighted by Crippen LogP contribution is -2.36. The third-order valence-corrected chi connectivity index (χ3v) is 1.72. The van der Waals surface area contributed by atoms with Crippen LogP contribution in [0.1, 0.15) is 6.42 Å². The predicted octanol–water partition coefficient (Wildman–Crippen LogP) is -0.774. The highest BCUT2D eigenvalue weighted by molar-refractivity contribution is 5.81. The molecule has 0 aromatic carbocycles. The van der Waals surface area contributed by atoms with E-state index in [1.807, 2.05) is 7.05 Å². The number of aliphatic imine (C=N–C) groups is 1. The highest BCUT2D eigenvalue weighted by atomic mass is 15.3. The normalized spacial score (nSPS) is 16.9. The molecule has 0 unspecified atom stereocenters. The number of nitrogens with one attached hydrogen (secondary N) is 1. The van der Waals surface area contributed by atoms with Crippen LogP contribution in [-0.4, -0.2) is 44.1 Å². The minimum absolute atomic E-state index is 0.740. The third-order valence-electron chi connectivity index (χ3n) is 1.72. The van der Waals surface area contributed by atoms with Gasteiger partial charge in [0.25, 0.3) is 0 Å². The van der Waals surface area contributed by atoms with Crippen LogP contribution in [0.15, 0.2) is 4.99 Å². The average Bonchev–Trinajstić information content (AvgIpc) is 2.37. The van der Waals surface area contributed by atoms with Crippen LogP contribution in [0.5, 0.6) is 0 Å². The van der Waals surface area contributed by atoms with Gasteiger partial charge in [-0.3, -0.25) is 4.99 Å². The van der Waals surface area contributed by atoms with Crippen LogP contribution in [-0.2, 0) is 0 Å². The molecule has 0 atom stereocenters. The molecule has 64 valence electrons. The van der Waals surface area contributed by atoms with E-state index in [2.05, 4.69) is 15.2 Å². The summed E-state index contributed by atoms with van der Waals surface area (Å²) >= 11 is 0. The quantitative estimate of drug-likeness (QED) is 0.527. The van der Waals surface area contributed by atoms with Crippen molar-refractivity contribution < 1.29 is 0 Å². The van der Waals surface area contributed by atoms with Crippen molar-refractivity contribution in [3.8, 4) is 0 Å². The molecule has 0 radical (unpaired) electrons. The zero-order valence-electron chi connectivity index (χ0n) is 7.01. The van der Waals surface area contributed by atoms with Gasteiger partial charge < -0.3 is 16.0 Å². The van der Waals surface area contributed by atoms with E-state index < -0.39 is 0 Å². The number of rotatable bonds is 3. The first-order chi connectivity index (χ1) is 5.34. The SMILES string of the molecule is CN1CCN=C1NCCCN. The van der Waals surface area contributed by atoms with E-state index in [0.717, 1.165) is 38.6 Å². The Morgan fingerprint density at radius 3 is 3.09 bits per heavy atom. The van der Waals surface area contributed by atoms with Crippen molar-refractivity contribution in [2.24, 2.45) is 10.7 Å². The zero-order chi connectivity index (χ0) is 8.10. The van der Waals surface area contributed by atoms with Crippen molar-refractivity contribution in [3.63, 3.8) is 0 Å². The van der Waals surface area contributed by atoms with Gasteiger partial charge in [-0.15, -0.1) is 0 Å². The van der Waals surface area contributed by atoms with Crippen LogP contribution in [0.3, 0.4) is 0 Å². The minimum Gasteiger partial charge on any atom is -0.356 e. The van der Waals surface area contributed by atoms with Gasteiger partial charge >= 0.3 is 0 Å². The summed E-state index contributed by atoms with van der Waals surface area (Å²) in [4.78, 5) is 6.40. The highest BCUT2D eigenvalue weighted by Crippen LogP contribution is 1.94. The standard InChI is InChI=1S/C7H16N4/c1-11-6-5-10-7(11)9-4-2-3-8/h2-6,8H2,1H3,(H,9,10). The lowest BCUT2D eigenvalue weighted by Gasteiger charge is -2.14. The molecule has 0 aromatic rings.